The molecule has 3 aromatic carbocycles. The van der Waals surface area contributed by atoms with Crippen LogP contribution in [0.15, 0.2) is 71.9 Å². The minimum Gasteiger partial charge on any atom is -0.325 e. The lowest BCUT2D eigenvalue weighted by molar-refractivity contribution is -0.113. The molecule has 4 aromatic rings. The molecule has 1 N–H and O–H groups in total. The zero-order valence-corrected chi connectivity index (χ0v) is 19.7. The minimum absolute atomic E-state index is 0.0909. The van der Waals surface area contributed by atoms with Crippen LogP contribution >= 0.6 is 23.4 Å². The molecule has 5 nitrogen and oxygen atoms in total. The number of carbonyl (C=O) groups is 1. The third-order valence-electron chi connectivity index (χ3n) is 4.83. The number of aryl methyl sites for hydroxylation is 3. The van der Waals surface area contributed by atoms with Gasteiger partial charge in [0, 0.05) is 22.0 Å². The number of benzene rings is 3. The van der Waals surface area contributed by atoms with Gasteiger partial charge in [-0.1, -0.05) is 41.6 Å². The van der Waals surface area contributed by atoms with Crippen molar-refractivity contribution in [1.29, 1.82) is 0 Å². The summed E-state index contributed by atoms with van der Waals surface area (Å²) in [6.45, 7) is 6.07. The number of anilines is 1. The van der Waals surface area contributed by atoms with Gasteiger partial charge in [0.2, 0.25) is 5.91 Å². The van der Waals surface area contributed by atoms with Crippen molar-refractivity contribution in [3.63, 3.8) is 0 Å². The fourth-order valence-electron chi connectivity index (χ4n) is 3.52. The van der Waals surface area contributed by atoms with E-state index < -0.39 is 0 Å². The number of nitrogens with one attached hydrogen (secondary N) is 1. The van der Waals surface area contributed by atoms with Gasteiger partial charge in [-0.2, -0.15) is 0 Å². The number of hydrogen-bond donors (Lipinski definition) is 1. The largest absolute Gasteiger partial charge is 0.325 e. The molecule has 1 amide bonds. The molecule has 0 atom stereocenters. The van der Waals surface area contributed by atoms with Crippen molar-refractivity contribution in [3.8, 4) is 17.1 Å². The SMILES string of the molecule is Cc1cc(C)cc(NC(=O)CSc2nnc(-c3ccc(Cl)cc3)n2-c2cccc(C)c2)c1. The molecule has 0 fully saturated rings. The molecule has 162 valence electrons. The van der Waals surface area contributed by atoms with Crippen LogP contribution in [0.2, 0.25) is 5.02 Å². The maximum Gasteiger partial charge on any atom is 0.234 e. The van der Waals surface area contributed by atoms with Gasteiger partial charge in [-0.15, -0.1) is 10.2 Å². The van der Waals surface area contributed by atoms with Crippen LogP contribution in [0.25, 0.3) is 17.1 Å². The summed E-state index contributed by atoms with van der Waals surface area (Å²) in [5.41, 5.74) is 5.99. The van der Waals surface area contributed by atoms with Gasteiger partial charge in [-0.25, -0.2) is 0 Å². The van der Waals surface area contributed by atoms with E-state index in [0.29, 0.717) is 16.0 Å². The summed E-state index contributed by atoms with van der Waals surface area (Å²) in [5, 5.41) is 13.1. The molecule has 0 aliphatic carbocycles. The van der Waals surface area contributed by atoms with E-state index >= 15 is 0 Å². The highest BCUT2D eigenvalue weighted by Gasteiger charge is 2.17. The number of rotatable bonds is 6. The van der Waals surface area contributed by atoms with Crippen molar-refractivity contribution in [3.05, 3.63) is 88.4 Å². The maximum absolute atomic E-state index is 12.6. The molecular formula is C25H23ClN4OS. The van der Waals surface area contributed by atoms with Gasteiger partial charge in [0.25, 0.3) is 0 Å². The number of amides is 1. The van der Waals surface area contributed by atoms with Crippen molar-refractivity contribution in [1.82, 2.24) is 14.8 Å². The van der Waals surface area contributed by atoms with Crippen molar-refractivity contribution >= 4 is 35.0 Å². The summed E-state index contributed by atoms with van der Waals surface area (Å²) in [5.74, 6) is 0.828. The highest BCUT2D eigenvalue weighted by Crippen LogP contribution is 2.29. The summed E-state index contributed by atoms with van der Waals surface area (Å²) < 4.78 is 1.98. The van der Waals surface area contributed by atoms with Gasteiger partial charge in [0.1, 0.15) is 0 Å². The summed E-state index contributed by atoms with van der Waals surface area (Å²) in [4.78, 5) is 12.6. The average molecular weight is 463 g/mol. The van der Waals surface area contributed by atoms with Crippen molar-refractivity contribution in [2.45, 2.75) is 25.9 Å². The zero-order chi connectivity index (χ0) is 22.7. The van der Waals surface area contributed by atoms with Gasteiger partial charge in [-0.3, -0.25) is 9.36 Å². The number of carbonyl (C=O) groups excluding carboxylic acids is 1. The van der Waals surface area contributed by atoms with Crippen LogP contribution in [0.5, 0.6) is 0 Å². The molecule has 7 heteroatoms. The van der Waals surface area contributed by atoms with Crippen LogP contribution in [-0.2, 0) is 4.79 Å². The van der Waals surface area contributed by atoms with Crippen LogP contribution < -0.4 is 5.32 Å². The third-order valence-corrected chi connectivity index (χ3v) is 6.01. The lowest BCUT2D eigenvalue weighted by Crippen LogP contribution is -2.14. The molecule has 0 aliphatic rings. The summed E-state index contributed by atoms with van der Waals surface area (Å²) >= 11 is 7.41. The number of nitrogens with zero attached hydrogens (tertiary/aromatic N) is 3. The van der Waals surface area contributed by atoms with Crippen LogP contribution in [0.3, 0.4) is 0 Å². The highest BCUT2D eigenvalue weighted by atomic mass is 35.5. The summed E-state index contributed by atoms with van der Waals surface area (Å²) in [6.07, 6.45) is 0. The van der Waals surface area contributed by atoms with E-state index in [-0.39, 0.29) is 11.7 Å². The highest BCUT2D eigenvalue weighted by molar-refractivity contribution is 7.99. The number of aromatic nitrogens is 3. The normalized spacial score (nSPS) is 10.9. The van der Waals surface area contributed by atoms with Crippen LogP contribution in [0, 0.1) is 20.8 Å². The molecule has 1 aromatic heterocycles. The first-order valence-corrected chi connectivity index (χ1v) is 11.5. The minimum atomic E-state index is -0.0909. The number of halogens is 1. The Kier molecular flexibility index (Phi) is 6.63. The van der Waals surface area contributed by atoms with Crippen molar-refractivity contribution in [2.75, 3.05) is 11.1 Å². The van der Waals surface area contributed by atoms with Crippen LogP contribution in [-0.4, -0.2) is 26.4 Å². The molecular weight excluding hydrogens is 440 g/mol. The van der Waals surface area contributed by atoms with E-state index in [1.165, 1.54) is 11.8 Å². The van der Waals surface area contributed by atoms with Crippen LogP contribution in [0.4, 0.5) is 5.69 Å². The Balaban J connectivity index is 1.60. The lowest BCUT2D eigenvalue weighted by atomic mass is 10.1. The summed E-state index contributed by atoms with van der Waals surface area (Å²) in [7, 11) is 0. The third kappa shape index (κ3) is 5.21. The Labute approximate surface area is 196 Å². The predicted molar refractivity (Wildman–Crippen MR) is 132 cm³/mol. The molecule has 1 heterocycles. The molecule has 0 bridgehead atoms. The van der Waals surface area contributed by atoms with Gasteiger partial charge in [-0.05, 0) is 86.0 Å². The second-order valence-electron chi connectivity index (χ2n) is 7.70. The van der Waals surface area contributed by atoms with E-state index in [9.17, 15) is 4.79 Å². The van der Waals surface area contributed by atoms with E-state index in [1.807, 2.05) is 79.9 Å². The molecule has 0 unspecified atom stereocenters. The van der Waals surface area contributed by atoms with Crippen LogP contribution in [0.1, 0.15) is 16.7 Å². The van der Waals surface area contributed by atoms with Crippen molar-refractivity contribution < 1.29 is 4.79 Å². The molecule has 0 saturated heterocycles. The molecule has 0 radical (unpaired) electrons. The Morgan fingerprint density at radius 3 is 2.34 bits per heavy atom. The standard InChI is InChI=1S/C25H23ClN4OS/c1-16-5-4-6-22(14-16)30-24(19-7-9-20(26)10-8-19)28-29-25(30)32-15-23(31)27-21-12-17(2)11-18(3)13-21/h4-14H,15H2,1-3H3,(H,27,31). The Morgan fingerprint density at radius 2 is 1.66 bits per heavy atom. The molecule has 32 heavy (non-hydrogen) atoms. The van der Waals surface area contributed by atoms with Gasteiger partial charge >= 0.3 is 0 Å². The second kappa shape index (κ2) is 9.59. The number of hydrogen-bond acceptors (Lipinski definition) is 4. The lowest BCUT2D eigenvalue weighted by Gasteiger charge is -2.11. The smallest absolute Gasteiger partial charge is 0.234 e. The Hall–Kier alpha value is -3.09. The van der Waals surface area contributed by atoms with E-state index in [1.54, 1.807) is 0 Å². The fourth-order valence-corrected chi connectivity index (χ4v) is 4.40. The Bertz CT molecular complexity index is 1250. The first-order chi connectivity index (χ1) is 15.4. The van der Waals surface area contributed by atoms with E-state index in [4.69, 9.17) is 11.6 Å². The second-order valence-corrected chi connectivity index (χ2v) is 9.08. The molecule has 0 spiro atoms. The molecule has 0 aliphatic heterocycles. The van der Waals surface area contributed by atoms with Gasteiger partial charge in [0.15, 0.2) is 11.0 Å². The average Bonchev–Trinajstić information content (AvgIpc) is 3.16. The van der Waals surface area contributed by atoms with Crippen molar-refractivity contribution in [2.24, 2.45) is 0 Å². The maximum atomic E-state index is 12.6. The quantitative estimate of drug-likeness (QED) is 0.344. The molecule has 4 rings (SSSR count). The fraction of sp³-hybridized carbons (Fsp3) is 0.160. The first kappa shape index (κ1) is 22.1. The summed E-state index contributed by atoms with van der Waals surface area (Å²) in [6, 6.07) is 21.6. The number of thioether (sulfide) groups is 1. The Morgan fingerprint density at radius 1 is 0.938 bits per heavy atom. The molecule has 0 saturated carbocycles. The monoisotopic (exact) mass is 462 g/mol. The topological polar surface area (TPSA) is 59.8 Å². The predicted octanol–water partition coefficient (Wildman–Crippen LogP) is 6.24. The van der Waals surface area contributed by atoms with Gasteiger partial charge in [0.05, 0.1) is 5.75 Å². The zero-order valence-electron chi connectivity index (χ0n) is 18.1. The van der Waals surface area contributed by atoms with Gasteiger partial charge < -0.3 is 5.32 Å². The first-order valence-electron chi connectivity index (χ1n) is 10.2. The van der Waals surface area contributed by atoms with E-state index in [0.717, 1.165) is 33.6 Å². The van der Waals surface area contributed by atoms with E-state index in [2.05, 4.69) is 27.6 Å².